The number of carboxylic acids is 1. The van der Waals surface area contributed by atoms with Gasteiger partial charge in [0.2, 0.25) is 31.5 Å². The molecular formula is C41H42F2N6O10S2. The number of anilines is 2. The number of carboxylic acid groups (broad SMARTS) is 1. The zero-order valence-electron chi connectivity index (χ0n) is 33.9. The van der Waals surface area contributed by atoms with Gasteiger partial charge in [-0.1, -0.05) is 6.08 Å². The average Bonchev–Trinajstić information content (AvgIpc) is 3.77. The summed E-state index contributed by atoms with van der Waals surface area (Å²) >= 11 is 0. The van der Waals surface area contributed by atoms with Gasteiger partial charge in [-0.05, 0) is 85.5 Å². The van der Waals surface area contributed by atoms with Crippen molar-refractivity contribution in [2.45, 2.75) is 25.7 Å². The number of hydrogen-bond donors (Lipinski definition) is 3. The zero-order valence-corrected chi connectivity index (χ0v) is 35.5. The minimum Gasteiger partial charge on any atom is -0.481 e. The number of amides is 2. The molecule has 0 aliphatic rings. The summed E-state index contributed by atoms with van der Waals surface area (Å²) in [6.07, 6.45) is 4.38. The van der Waals surface area contributed by atoms with Crippen molar-refractivity contribution in [1.82, 2.24) is 20.6 Å². The molecule has 16 nitrogen and oxygen atoms in total. The molecule has 0 aliphatic carbocycles. The number of aromatic nitrogens is 2. The molecule has 6 aromatic rings. The van der Waals surface area contributed by atoms with Crippen LogP contribution < -0.4 is 19.2 Å². The summed E-state index contributed by atoms with van der Waals surface area (Å²) in [7, 11) is -1.60. The Kier molecular flexibility index (Phi) is 13.6. The number of nitrogens with one attached hydrogen (secondary N) is 2. The Morgan fingerprint density at radius 2 is 1.13 bits per heavy atom. The fourth-order valence-corrected chi connectivity index (χ4v) is 7.14. The van der Waals surface area contributed by atoms with E-state index >= 15 is 0 Å². The van der Waals surface area contributed by atoms with E-state index in [-0.39, 0.29) is 65.0 Å². The monoisotopic (exact) mass is 880 g/mol. The van der Waals surface area contributed by atoms with Gasteiger partial charge in [0, 0.05) is 51.3 Å². The van der Waals surface area contributed by atoms with Crippen LogP contribution in [0.2, 0.25) is 0 Å². The van der Waals surface area contributed by atoms with Gasteiger partial charge in [-0.2, -0.15) is 9.97 Å². The first-order valence-electron chi connectivity index (χ1n) is 18.3. The van der Waals surface area contributed by atoms with Crippen LogP contribution >= 0.6 is 0 Å². The number of benzene rings is 2. The third kappa shape index (κ3) is 10.0. The molecule has 61 heavy (non-hydrogen) atoms. The second-order valence-corrected chi connectivity index (χ2v) is 17.7. The summed E-state index contributed by atoms with van der Waals surface area (Å²) in [4.78, 5) is 45.0. The number of pyridine rings is 2. The summed E-state index contributed by atoms with van der Waals surface area (Å²) in [5.74, 6) is -2.10. The number of fused-ring (bicyclic) bond motifs is 2. The van der Waals surface area contributed by atoms with Crippen molar-refractivity contribution in [3.8, 4) is 22.6 Å². The number of halogens is 2. The third-order valence-electron chi connectivity index (χ3n) is 9.39. The maximum atomic E-state index is 13.4. The number of furan rings is 2. The van der Waals surface area contributed by atoms with E-state index in [0.717, 1.165) is 21.1 Å². The van der Waals surface area contributed by atoms with Crippen molar-refractivity contribution in [2.75, 3.05) is 49.3 Å². The number of rotatable bonds is 14. The van der Waals surface area contributed by atoms with Crippen molar-refractivity contribution in [1.29, 1.82) is 0 Å². The van der Waals surface area contributed by atoms with E-state index in [0.29, 0.717) is 39.4 Å². The predicted molar refractivity (Wildman–Crippen MR) is 227 cm³/mol. The minimum absolute atomic E-state index is 0.0235. The first-order chi connectivity index (χ1) is 28.7. The lowest BCUT2D eigenvalue weighted by Crippen LogP contribution is -2.27. The first kappa shape index (κ1) is 45.4. The van der Waals surface area contributed by atoms with E-state index in [9.17, 15) is 40.0 Å². The van der Waals surface area contributed by atoms with Gasteiger partial charge in [0.05, 0.1) is 34.4 Å². The molecule has 4 aromatic heterocycles. The van der Waals surface area contributed by atoms with E-state index in [1.54, 1.807) is 18.2 Å². The van der Waals surface area contributed by atoms with Crippen molar-refractivity contribution in [2.24, 2.45) is 0 Å². The number of carbonyl (C=O) groups is 3. The van der Waals surface area contributed by atoms with Crippen LogP contribution in [0, 0.1) is 11.6 Å². The Balaban J connectivity index is 0.000000232. The minimum atomic E-state index is -3.68. The second kappa shape index (κ2) is 18.3. The number of carbonyl (C=O) groups excluding carboxylic acids is 2. The molecular weight excluding hydrogens is 839 g/mol. The quantitative estimate of drug-likeness (QED) is 0.109. The SMILES string of the molecule is C=CCc1cc2c(C(=O)NC)c(-c3ccc(F)cc3)oc2nc1N(C)S(C)(=O)=O.CNC(=O)c1c(-c2ccc(F)cc2)oc2nc(N(C)S(C)(=O)=O)c(CCCC(=O)O)cc12. The lowest BCUT2D eigenvalue weighted by atomic mass is 10.0. The standard InChI is InChI=1S/C21H22FN3O6S.C20H20FN3O4S/c1-23-20(28)17-15-11-13(5-4-6-16(26)27)19(25(2)32(3,29)30)24-21(15)31-18(17)12-7-9-14(22)10-8-12;1-5-6-13-11-15-16(19(25)22-2)17(12-7-9-14(21)10-8-12)28-20(15)23-18(13)24(3)29(4,26)27/h7-11H,4-6H2,1-3H3,(H,23,28)(H,26,27);5,7-11H,1,6H2,2-4H3,(H,22,25). The molecule has 0 saturated carbocycles. The van der Waals surface area contributed by atoms with Crippen LogP contribution in [-0.2, 0) is 37.7 Å². The molecule has 322 valence electrons. The molecule has 0 aliphatic heterocycles. The van der Waals surface area contributed by atoms with Gasteiger partial charge in [-0.3, -0.25) is 23.0 Å². The van der Waals surface area contributed by atoms with Gasteiger partial charge in [0.15, 0.2) is 0 Å². The number of sulfonamides is 2. The second-order valence-electron chi connectivity index (χ2n) is 13.6. The molecule has 0 atom stereocenters. The summed E-state index contributed by atoms with van der Waals surface area (Å²) in [6, 6.07) is 14.1. The number of aryl methyl sites for hydroxylation is 1. The molecule has 0 spiro atoms. The Hall–Kier alpha value is -6.67. The van der Waals surface area contributed by atoms with E-state index in [1.807, 2.05) is 0 Å². The topological polar surface area (TPSA) is 222 Å². The maximum absolute atomic E-state index is 13.4. The van der Waals surface area contributed by atoms with Crippen LogP contribution in [0.4, 0.5) is 20.4 Å². The molecule has 2 amide bonds. The highest BCUT2D eigenvalue weighted by Crippen LogP contribution is 2.38. The highest BCUT2D eigenvalue weighted by atomic mass is 32.2. The highest BCUT2D eigenvalue weighted by molar-refractivity contribution is 7.92. The summed E-state index contributed by atoms with van der Waals surface area (Å²) in [6.45, 7) is 3.70. The molecule has 0 saturated heterocycles. The Bertz CT molecular complexity index is 2880. The Morgan fingerprint density at radius 1 is 0.738 bits per heavy atom. The lowest BCUT2D eigenvalue weighted by Gasteiger charge is -2.19. The average molecular weight is 881 g/mol. The van der Waals surface area contributed by atoms with Crippen LogP contribution in [0.1, 0.15) is 44.7 Å². The van der Waals surface area contributed by atoms with Crippen LogP contribution in [0.3, 0.4) is 0 Å². The zero-order chi connectivity index (χ0) is 45.0. The van der Waals surface area contributed by atoms with Crippen LogP contribution in [-0.4, -0.2) is 90.4 Å². The molecule has 0 unspecified atom stereocenters. The molecule has 20 heteroatoms. The molecule has 4 heterocycles. The normalized spacial score (nSPS) is 11.5. The number of allylic oxidation sites excluding steroid dienone is 1. The van der Waals surface area contributed by atoms with E-state index < -0.39 is 49.5 Å². The summed E-state index contributed by atoms with van der Waals surface area (Å²) in [5, 5.41) is 14.8. The van der Waals surface area contributed by atoms with Crippen LogP contribution in [0.5, 0.6) is 0 Å². The van der Waals surface area contributed by atoms with Crippen molar-refractivity contribution in [3.63, 3.8) is 0 Å². The van der Waals surface area contributed by atoms with E-state index in [4.69, 9.17) is 13.9 Å². The largest absolute Gasteiger partial charge is 0.481 e. The van der Waals surface area contributed by atoms with Crippen molar-refractivity contribution < 1.29 is 53.9 Å². The van der Waals surface area contributed by atoms with Gasteiger partial charge in [0.25, 0.3) is 11.8 Å². The fraction of sp³-hybridized carbons (Fsp3) is 0.244. The van der Waals surface area contributed by atoms with Crippen molar-refractivity contribution >= 4 is 71.7 Å². The molecule has 0 bridgehead atoms. The molecule has 0 fully saturated rings. The Labute approximate surface area is 350 Å². The molecule has 6 rings (SSSR count). The summed E-state index contributed by atoms with van der Waals surface area (Å²) in [5.41, 5.74) is 2.46. The van der Waals surface area contributed by atoms with Crippen LogP contribution in [0.25, 0.3) is 44.8 Å². The first-order valence-corrected chi connectivity index (χ1v) is 22.0. The van der Waals surface area contributed by atoms with Gasteiger partial charge < -0.3 is 24.6 Å². The Morgan fingerprint density at radius 3 is 1.49 bits per heavy atom. The smallest absolute Gasteiger partial charge is 0.303 e. The van der Waals surface area contributed by atoms with Gasteiger partial charge >= 0.3 is 5.97 Å². The highest BCUT2D eigenvalue weighted by Gasteiger charge is 2.28. The number of hydrogen-bond acceptors (Lipinski definition) is 11. The van der Waals surface area contributed by atoms with Gasteiger partial charge in [-0.15, -0.1) is 6.58 Å². The van der Waals surface area contributed by atoms with Gasteiger partial charge in [-0.25, -0.2) is 25.6 Å². The summed E-state index contributed by atoms with van der Waals surface area (Å²) < 4.78 is 88.8. The number of aliphatic carboxylic acids is 1. The fourth-order valence-electron chi connectivity index (χ4n) is 6.20. The van der Waals surface area contributed by atoms with Crippen molar-refractivity contribution in [3.05, 3.63) is 107 Å². The van der Waals surface area contributed by atoms with Crippen LogP contribution in [0.15, 0.2) is 82.2 Å². The molecule has 0 radical (unpaired) electrons. The van der Waals surface area contributed by atoms with E-state index in [1.165, 1.54) is 76.7 Å². The lowest BCUT2D eigenvalue weighted by molar-refractivity contribution is -0.137. The van der Waals surface area contributed by atoms with Gasteiger partial charge in [0.1, 0.15) is 34.8 Å². The maximum Gasteiger partial charge on any atom is 0.303 e. The number of nitrogens with zero attached hydrogens (tertiary/aromatic N) is 4. The molecule has 3 N–H and O–H groups in total. The third-order valence-corrected chi connectivity index (χ3v) is 11.7. The molecule has 2 aromatic carbocycles. The van der Waals surface area contributed by atoms with E-state index in [2.05, 4.69) is 27.2 Å². The predicted octanol–water partition coefficient (Wildman–Crippen LogP) is 5.91.